The average Bonchev–Trinajstić information content (AvgIpc) is 3.27. The van der Waals surface area contributed by atoms with Crippen LogP contribution in [0.3, 0.4) is 0 Å². The summed E-state index contributed by atoms with van der Waals surface area (Å²) in [5.41, 5.74) is 1.37. The molecule has 2 aromatic heterocycles. The van der Waals surface area contributed by atoms with Crippen LogP contribution >= 0.6 is 11.3 Å². The highest BCUT2D eigenvalue weighted by atomic mass is 32.1. The third kappa shape index (κ3) is 4.13. The van der Waals surface area contributed by atoms with E-state index >= 15 is 0 Å². The molecule has 0 N–H and O–H groups in total. The van der Waals surface area contributed by atoms with E-state index in [4.69, 9.17) is 9.47 Å². The Morgan fingerprint density at radius 3 is 2.47 bits per heavy atom. The first-order valence-corrected chi connectivity index (χ1v) is 9.89. The molecule has 30 heavy (non-hydrogen) atoms. The predicted octanol–water partition coefficient (Wildman–Crippen LogP) is 2.86. The van der Waals surface area contributed by atoms with Gasteiger partial charge in [-0.15, -0.1) is 5.10 Å². The van der Waals surface area contributed by atoms with E-state index in [0.717, 1.165) is 16.9 Å². The zero-order chi connectivity index (χ0) is 21.1. The topological polar surface area (TPSA) is 82.8 Å². The smallest absolute Gasteiger partial charge is 0.308 e. The van der Waals surface area contributed by atoms with Crippen LogP contribution in [0, 0.1) is 0 Å². The standard InChI is InChI=1S/C22H17N3O4S/c1-3-12-28-17-10-6-16(7-11-17)20-23-22-25(24-20)21(27)19(30-22)13-15-4-8-18(9-5-15)29-14(2)26/h3-11,13H,1,12H2,2H3/b19-13+. The minimum absolute atomic E-state index is 0.233. The van der Waals surface area contributed by atoms with Crippen LogP contribution in [0.1, 0.15) is 12.5 Å². The lowest BCUT2D eigenvalue weighted by molar-refractivity contribution is -0.131. The van der Waals surface area contributed by atoms with Gasteiger partial charge in [0.25, 0.3) is 5.56 Å². The largest absolute Gasteiger partial charge is 0.490 e. The fraction of sp³-hybridized carbons (Fsp3) is 0.0909. The summed E-state index contributed by atoms with van der Waals surface area (Å²) in [6.45, 7) is 5.40. The Hall–Kier alpha value is -3.78. The molecular weight excluding hydrogens is 402 g/mol. The zero-order valence-electron chi connectivity index (χ0n) is 16.1. The monoisotopic (exact) mass is 419 g/mol. The van der Waals surface area contributed by atoms with Gasteiger partial charge in [-0.3, -0.25) is 9.59 Å². The van der Waals surface area contributed by atoms with Crippen LogP contribution in [0.15, 0.2) is 66.0 Å². The third-order valence-electron chi connectivity index (χ3n) is 4.10. The first-order valence-electron chi connectivity index (χ1n) is 9.07. The molecule has 0 radical (unpaired) electrons. The van der Waals surface area contributed by atoms with Gasteiger partial charge in [-0.1, -0.05) is 36.1 Å². The number of carbonyl (C=O) groups excluding carboxylic acids is 1. The van der Waals surface area contributed by atoms with Gasteiger partial charge in [0.15, 0.2) is 5.82 Å². The Morgan fingerprint density at radius 1 is 1.13 bits per heavy atom. The summed E-state index contributed by atoms with van der Waals surface area (Å²) in [6.07, 6.45) is 3.43. The minimum atomic E-state index is -0.381. The van der Waals surface area contributed by atoms with Gasteiger partial charge in [0.1, 0.15) is 18.1 Å². The minimum Gasteiger partial charge on any atom is -0.490 e. The molecule has 150 valence electrons. The molecule has 4 aromatic rings. The maximum atomic E-state index is 12.7. The van der Waals surface area contributed by atoms with Crippen molar-refractivity contribution >= 4 is 28.3 Å². The molecular formula is C22H17N3O4S. The van der Waals surface area contributed by atoms with E-state index in [0.29, 0.717) is 27.7 Å². The van der Waals surface area contributed by atoms with E-state index < -0.39 is 0 Å². The molecule has 0 spiro atoms. The number of nitrogens with zero attached hydrogens (tertiary/aromatic N) is 3. The second-order valence-corrected chi connectivity index (χ2v) is 7.34. The first kappa shape index (κ1) is 19.5. The molecule has 0 aliphatic rings. The van der Waals surface area contributed by atoms with E-state index in [-0.39, 0.29) is 11.5 Å². The molecule has 0 bridgehead atoms. The van der Waals surface area contributed by atoms with Crippen molar-refractivity contribution in [3.8, 4) is 22.9 Å². The first-order chi connectivity index (χ1) is 14.5. The lowest BCUT2D eigenvalue weighted by atomic mass is 10.2. The van der Waals surface area contributed by atoms with Gasteiger partial charge >= 0.3 is 5.97 Å². The zero-order valence-corrected chi connectivity index (χ0v) is 16.9. The number of aromatic nitrogens is 3. The maximum absolute atomic E-state index is 12.7. The predicted molar refractivity (Wildman–Crippen MR) is 115 cm³/mol. The quantitative estimate of drug-likeness (QED) is 0.272. The number of carbonyl (C=O) groups is 1. The Balaban J connectivity index is 1.60. The summed E-state index contributed by atoms with van der Waals surface area (Å²) in [7, 11) is 0. The number of hydrogen-bond acceptors (Lipinski definition) is 7. The lowest BCUT2D eigenvalue weighted by Crippen LogP contribution is -2.23. The highest BCUT2D eigenvalue weighted by Gasteiger charge is 2.12. The van der Waals surface area contributed by atoms with Crippen molar-refractivity contribution in [3.63, 3.8) is 0 Å². The SMILES string of the molecule is C=CCOc1ccc(-c2nc3s/c(=C/c4ccc(OC(C)=O)cc4)c(=O)n3n2)cc1. The van der Waals surface area contributed by atoms with Crippen molar-refractivity contribution in [1.29, 1.82) is 0 Å². The van der Waals surface area contributed by atoms with Crippen molar-refractivity contribution in [3.05, 3.63) is 81.6 Å². The van der Waals surface area contributed by atoms with Crippen LogP contribution in [0.2, 0.25) is 0 Å². The van der Waals surface area contributed by atoms with Crippen LogP contribution < -0.4 is 19.6 Å². The van der Waals surface area contributed by atoms with Crippen molar-refractivity contribution in [2.45, 2.75) is 6.92 Å². The molecule has 7 nitrogen and oxygen atoms in total. The second kappa shape index (κ2) is 8.30. The van der Waals surface area contributed by atoms with Gasteiger partial charge < -0.3 is 9.47 Å². The van der Waals surface area contributed by atoms with Crippen LogP contribution in [0.4, 0.5) is 0 Å². The molecule has 2 aromatic carbocycles. The van der Waals surface area contributed by atoms with E-state index in [9.17, 15) is 9.59 Å². The van der Waals surface area contributed by atoms with E-state index in [1.165, 1.54) is 22.8 Å². The maximum Gasteiger partial charge on any atom is 0.308 e. The molecule has 8 heteroatoms. The molecule has 0 saturated heterocycles. The summed E-state index contributed by atoms with van der Waals surface area (Å²) >= 11 is 1.26. The lowest BCUT2D eigenvalue weighted by Gasteiger charge is -2.02. The number of ether oxygens (including phenoxy) is 2. The van der Waals surface area contributed by atoms with Gasteiger partial charge in [0.2, 0.25) is 4.96 Å². The highest BCUT2D eigenvalue weighted by molar-refractivity contribution is 7.15. The molecule has 0 saturated carbocycles. The van der Waals surface area contributed by atoms with E-state index in [1.807, 2.05) is 24.3 Å². The fourth-order valence-corrected chi connectivity index (χ4v) is 3.67. The van der Waals surface area contributed by atoms with Gasteiger partial charge in [-0.05, 0) is 48.0 Å². The Kier molecular flexibility index (Phi) is 5.40. The molecule has 0 aliphatic heterocycles. The van der Waals surface area contributed by atoms with Crippen LogP contribution in [0.25, 0.3) is 22.4 Å². The summed E-state index contributed by atoms with van der Waals surface area (Å²) in [5, 5.41) is 4.35. The van der Waals surface area contributed by atoms with Crippen LogP contribution in [-0.4, -0.2) is 27.2 Å². The van der Waals surface area contributed by atoms with Gasteiger partial charge in [-0.25, -0.2) is 0 Å². The Bertz CT molecular complexity index is 1320. The molecule has 0 fully saturated rings. The molecule has 2 heterocycles. The van der Waals surface area contributed by atoms with Crippen molar-refractivity contribution in [1.82, 2.24) is 14.6 Å². The Labute approximate surface area is 175 Å². The molecule has 4 rings (SSSR count). The number of thiazole rings is 1. The highest BCUT2D eigenvalue weighted by Crippen LogP contribution is 2.20. The second-order valence-electron chi connectivity index (χ2n) is 6.33. The third-order valence-corrected chi connectivity index (χ3v) is 5.06. The Morgan fingerprint density at radius 2 is 1.83 bits per heavy atom. The van der Waals surface area contributed by atoms with Gasteiger partial charge in [0, 0.05) is 12.5 Å². The fourth-order valence-electron chi connectivity index (χ4n) is 2.76. The molecule has 0 aliphatic carbocycles. The number of fused-ring (bicyclic) bond motifs is 1. The summed E-state index contributed by atoms with van der Waals surface area (Å²) in [5.74, 6) is 1.27. The molecule has 0 unspecified atom stereocenters. The van der Waals surface area contributed by atoms with Crippen molar-refractivity contribution in [2.24, 2.45) is 0 Å². The van der Waals surface area contributed by atoms with Gasteiger partial charge in [-0.2, -0.15) is 9.50 Å². The van der Waals surface area contributed by atoms with Crippen LogP contribution in [-0.2, 0) is 4.79 Å². The molecule has 0 amide bonds. The van der Waals surface area contributed by atoms with E-state index in [2.05, 4.69) is 16.7 Å². The normalized spacial score (nSPS) is 11.6. The summed E-state index contributed by atoms with van der Waals surface area (Å²) in [6, 6.07) is 14.2. The number of hydrogen-bond donors (Lipinski definition) is 0. The summed E-state index contributed by atoms with van der Waals surface area (Å²) < 4.78 is 12.3. The van der Waals surface area contributed by atoms with Crippen LogP contribution in [0.5, 0.6) is 11.5 Å². The van der Waals surface area contributed by atoms with E-state index in [1.54, 1.807) is 36.4 Å². The molecule has 0 atom stereocenters. The van der Waals surface area contributed by atoms with Crippen molar-refractivity contribution in [2.75, 3.05) is 6.61 Å². The summed E-state index contributed by atoms with van der Waals surface area (Å²) in [4.78, 5) is 28.7. The number of rotatable bonds is 6. The van der Waals surface area contributed by atoms with Crippen molar-refractivity contribution < 1.29 is 14.3 Å². The number of benzene rings is 2. The average molecular weight is 419 g/mol. The number of esters is 1. The van der Waals surface area contributed by atoms with Gasteiger partial charge in [0.05, 0.1) is 4.53 Å².